The second-order valence-electron chi connectivity index (χ2n) is 5.24. The maximum Gasteiger partial charge on any atom is 0.405 e. The number of rotatable bonds is 6. The lowest BCUT2D eigenvalue weighted by atomic mass is 10.1. The zero-order chi connectivity index (χ0) is 20.0. The zero-order valence-corrected chi connectivity index (χ0v) is 13.5. The van der Waals surface area contributed by atoms with Gasteiger partial charge in [0.05, 0.1) is 0 Å². The van der Waals surface area contributed by atoms with Crippen LogP contribution in [-0.2, 0) is 0 Å². The quantitative estimate of drug-likeness (QED) is 0.739. The summed E-state index contributed by atoms with van der Waals surface area (Å²) in [7, 11) is 0. The Morgan fingerprint density at radius 2 is 1.63 bits per heavy atom. The molecule has 2 amide bonds. The zero-order valence-electron chi connectivity index (χ0n) is 13.5. The van der Waals surface area contributed by atoms with Crippen molar-refractivity contribution in [2.24, 2.45) is 0 Å². The SMILES string of the molecule is O=C(NCC(F)(F)F)c1cccc(NC(=O)c2ccc(OC(F)F)cc2)c1. The van der Waals surface area contributed by atoms with Crippen molar-refractivity contribution in [1.82, 2.24) is 5.32 Å². The molecule has 2 N–H and O–H groups in total. The van der Waals surface area contributed by atoms with E-state index in [2.05, 4.69) is 10.1 Å². The van der Waals surface area contributed by atoms with Crippen molar-refractivity contribution in [3.05, 3.63) is 59.7 Å². The Bertz CT molecular complexity index is 807. The first-order valence-electron chi connectivity index (χ1n) is 7.45. The van der Waals surface area contributed by atoms with Crippen LogP contribution in [0.5, 0.6) is 5.75 Å². The normalized spacial score (nSPS) is 11.2. The lowest BCUT2D eigenvalue weighted by molar-refractivity contribution is -0.123. The van der Waals surface area contributed by atoms with Crippen molar-refractivity contribution in [2.75, 3.05) is 11.9 Å². The summed E-state index contributed by atoms with van der Waals surface area (Å²) < 4.78 is 64.8. The molecule has 0 aromatic heterocycles. The molecule has 0 aliphatic rings. The summed E-state index contributed by atoms with van der Waals surface area (Å²) >= 11 is 0. The number of amides is 2. The minimum atomic E-state index is -4.54. The summed E-state index contributed by atoms with van der Waals surface area (Å²) in [6.45, 7) is -4.47. The van der Waals surface area contributed by atoms with E-state index in [9.17, 15) is 31.5 Å². The van der Waals surface area contributed by atoms with E-state index in [-0.39, 0.29) is 22.6 Å². The first-order valence-corrected chi connectivity index (χ1v) is 7.45. The van der Waals surface area contributed by atoms with E-state index < -0.39 is 31.1 Å². The van der Waals surface area contributed by atoms with Gasteiger partial charge in [0.25, 0.3) is 11.8 Å². The number of halogens is 5. The van der Waals surface area contributed by atoms with E-state index in [1.807, 2.05) is 0 Å². The highest BCUT2D eigenvalue weighted by Crippen LogP contribution is 2.17. The highest BCUT2D eigenvalue weighted by Gasteiger charge is 2.27. The highest BCUT2D eigenvalue weighted by atomic mass is 19.4. The van der Waals surface area contributed by atoms with Gasteiger partial charge in [0.2, 0.25) is 0 Å². The number of nitrogens with one attached hydrogen (secondary N) is 2. The number of benzene rings is 2. The summed E-state index contributed by atoms with van der Waals surface area (Å²) in [6.07, 6.45) is -4.54. The third-order valence-electron chi connectivity index (χ3n) is 3.17. The van der Waals surface area contributed by atoms with Crippen LogP contribution in [0.25, 0.3) is 0 Å². The van der Waals surface area contributed by atoms with Crippen LogP contribution < -0.4 is 15.4 Å². The molecule has 2 rings (SSSR count). The molecule has 0 fully saturated rings. The van der Waals surface area contributed by atoms with Crippen molar-refractivity contribution in [1.29, 1.82) is 0 Å². The van der Waals surface area contributed by atoms with Crippen molar-refractivity contribution in [2.45, 2.75) is 12.8 Å². The van der Waals surface area contributed by atoms with E-state index in [1.54, 1.807) is 5.32 Å². The van der Waals surface area contributed by atoms with Crippen LogP contribution in [0.4, 0.5) is 27.6 Å². The Hall–Kier alpha value is -3.17. The van der Waals surface area contributed by atoms with Gasteiger partial charge in [-0.05, 0) is 42.5 Å². The Balaban J connectivity index is 2.02. The Labute approximate surface area is 150 Å². The molecular formula is C17H13F5N2O3. The minimum Gasteiger partial charge on any atom is -0.435 e. The summed E-state index contributed by atoms with van der Waals surface area (Å²) in [5.74, 6) is -1.67. The van der Waals surface area contributed by atoms with Crippen LogP contribution >= 0.6 is 0 Å². The fourth-order valence-electron chi connectivity index (χ4n) is 2.01. The van der Waals surface area contributed by atoms with E-state index >= 15 is 0 Å². The van der Waals surface area contributed by atoms with Gasteiger partial charge < -0.3 is 15.4 Å². The maximum atomic E-state index is 12.1. The van der Waals surface area contributed by atoms with Gasteiger partial charge in [-0.25, -0.2) is 0 Å². The predicted octanol–water partition coefficient (Wildman–Crippen LogP) is 3.83. The topological polar surface area (TPSA) is 67.4 Å². The average Bonchev–Trinajstić information content (AvgIpc) is 2.59. The lowest BCUT2D eigenvalue weighted by Gasteiger charge is -2.10. The first-order chi connectivity index (χ1) is 12.6. The fraction of sp³-hybridized carbons (Fsp3) is 0.176. The molecule has 2 aromatic carbocycles. The molecular weight excluding hydrogens is 375 g/mol. The standard InChI is InChI=1S/C17H13F5N2O3/c18-16(19)27-13-6-4-10(5-7-13)15(26)24-12-3-1-2-11(8-12)14(25)23-9-17(20,21)22/h1-8,16H,9H2,(H,23,25)(H,24,26). The largest absolute Gasteiger partial charge is 0.435 e. The number of alkyl halides is 5. The molecule has 27 heavy (non-hydrogen) atoms. The molecule has 0 atom stereocenters. The maximum absolute atomic E-state index is 12.1. The molecule has 10 heteroatoms. The summed E-state index contributed by atoms with van der Waals surface area (Å²) in [5, 5.41) is 4.18. The molecule has 0 unspecified atom stereocenters. The number of hydrogen-bond acceptors (Lipinski definition) is 3. The minimum absolute atomic E-state index is 0.0715. The number of anilines is 1. The van der Waals surface area contributed by atoms with Gasteiger partial charge in [-0.2, -0.15) is 22.0 Å². The molecule has 0 saturated heterocycles. The molecule has 0 aliphatic carbocycles. The van der Waals surface area contributed by atoms with E-state index in [4.69, 9.17) is 0 Å². The van der Waals surface area contributed by atoms with Crippen LogP contribution in [0.15, 0.2) is 48.5 Å². The van der Waals surface area contributed by atoms with Crippen LogP contribution in [0.1, 0.15) is 20.7 Å². The molecule has 0 aliphatic heterocycles. The van der Waals surface area contributed by atoms with Crippen LogP contribution in [0, 0.1) is 0 Å². The molecule has 0 bridgehead atoms. The molecule has 5 nitrogen and oxygen atoms in total. The number of ether oxygens (including phenoxy) is 1. The van der Waals surface area contributed by atoms with E-state index in [1.165, 1.54) is 48.5 Å². The summed E-state index contributed by atoms with van der Waals surface area (Å²) in [6, 6.07) is 10.2. The summed E-state index contributed by atoms with van der Waals surface area (Å²) in [4.78, 5) is 23.9. The van der Waals surface area contributed by atoms with Gasteiger partial charge in [0.15, 0.2) is 0 Å². The van der Waals surface area contributed by atoms with Crippen molar-refractivity contribution < 1.29 is 36.3 Å². The Kier molecular flexibility index (Phi) is 6.32. The van der Waals surface area contributed by atoms with E-state index in [0.717, 1.165) is 0 Å². The van der Waals surface area contributed by atoms with Gasteiger partial charge in [-0.1, -0.05) is 6.07 Å². The number of hydrogen-bond donors (Lipinski definition) is 2. The van der Waals surface area contributed by atoms with Gasteiger partial charge in [0, 0.05) is 16.8 Å². The van der Waals surface area contributed by atoms with Crippen LogP contribution in [0.3, 0.4) is 0 Å². The van der Waals surface area contributed by atoms with Gasteiger partial charge in [-0.15, -0.1) is 0 Å². The lowest BCUT2D eigenvalue weighted by Crippen LogP contribution is -2.33. The second kappa shape index (κ2) is 8.47. The smallest absolute Gasteiger partial charge is 0.405 e. The highest BCUT2D eigenvalue weighted by molar-refractivity contribution is 6.05. The molecule has 144 valence electrons. The molecule has 0 spiro atoms. The Morgan fingerprint density at radius 3 is 2.22 bits per heavy atom. The van der Waals surface area contributed by atoms with Gasteiger partial charge in [0.1, 0.15) is 12.3 Å². The number of carbonyl (C=O) groups excluding carboxylic acids is 2. The second-order valence-corrected chi connectivity index (χ2v) is 5.24. The Morgan fingerprint density at radius 1 is 0.963 bits per heavy atom. The van der Waals surface area contributed by atoms with Gasteiger partial charge in [-0.3, -0.25) is 9.59 Å². The fourth-order valence-corrected chi connectivity index (χ4v) is 2.01. The summed E-state index contributed by atoms with van der Waals surface area (Å²) in [5.41, 5.74) is 0.230. The van der Waals surface area contributed by atoms with Gasteiger partial charge >= 0.3 is 12.8 Å². The molecule has 0 heterocycles. The molecule has 0 radical (unpaired) electrons. The number of carbonyl (C=O) groups is 2. The molecule has 0 saturated carbocycles. The van der Waals surface area contributed by atoms with Crippen molar-refractivity contribution in [3.8, 4) is 5.75 Å². The average molecular weight is 388 g/mol. The van der Waals surface area contributed by atoms with Crippen molar-refractivity contribution >= 4 is 17.5 Å². The third-order valence-corrected chi connectivity index (χ3v) is 3.17. The monoisotopic (exact) mass is 388 g/mol. The first kappa shape index (κ1) is 20.1. The van der Waals surface area contributed by atoms with Crippen LogP contribution in [-0.4, -0.2) is 31.1 Å². The third kappa shape index (κ3) is 6.57. The van der Waals surface area contributed by atoms with E-state index in [0.29, 0.717) is 0 Å². The molecule has 2 aromatic rings. The van der Waals surface area contributed by atoms with Crippen molar-refractivity contribution in [3.63, 3.8) is 0 Å². The van der Waals surface area contributed by atoms with Crippen LogP contribution in [0.2, 0.25) is 0 Å². The predicted molar refractivity (Wildman–Crippen MR) is 85.9 cm³/mol.